The highest BCUT2D eigenvalue weighted by Gasteiger charge is 2.42. The summed E-state index contributed by atoms with van der Waals surface area (Å²) in [6.07, 6.45) is -1.17. The zero-order chi connectivity index (χ0) is 22.2. The Morgan fingerprint density at radius 2 is 2.19 bits per heavy atom. The number of aliphatic hydroxyl groups excluding tert-OH is 1. The molecular weight excluding hydrogens is 403 g/mol. The van der Waals surface area contributed by atoms with Crippen LogP contribution in [0.5, 0.6) is 0 Å². The van der Waals surface area contributed by atoms with Crippen molar-refractivity contribution >= 4 is 11.6 Å². The Labute approximate surface area is 178 Å². The largest absolute Gasteiger partial charge is 0.377 e. The molecule has 1 aromatic heterocycles. The first kappa shape index (κ1) is 21.2. The van der Waals surface area contributed by atoms with Crippen LogP contribution >= 0.6 is 0 Å². The molecule has 4 rings (SSSR count). The number of carbonyl (C=O) groups excluding carboxylic acids is 1. The average Bonchev–Trinajstić information content (AvgIpc) is 2.97. The molecule has 3 heterocycles. The van der Waals surface area contributed by atoms with Crippen molar-refractivity contribution < 1.29 is 24.1 Å². The standard InChI is InChI=1S/C22H23FN4O4/c1-27-8-7-22(30,21(27)29)6-5-13-3-2-4-14(9-13)18-16(23)10-17(19(26-18)20(24)28)25-15-11-31-12-15/h2-4,9-10,15,20,25,28,30H,7-8,11-12,24H2,1H3/t20?,22-/m0/s1. The summed E-state index contributed by atoms with van der Waals surface area (Å²) in [5.74, 6) is 4.41. The highest BCUT2D eigenvalue weighted by Crippen LogP contribution is 2.29. The van der Waals surface area contributed by atoms with Gasteiger partial charge in [0, 0.05) is 37.2 Å². The van der Waals surface area contributed by atoms with Gasteiger partial charge in [0.1, 0.15) is 17.6 Å². The van der Waals surface area contributed by atoms with E-state index < -0.39 is 23.6 Å². The minimum absolute atomic E-state index is 0.00583. The van der Waals surface area contributed by atoms with Gasteiger partial charge in [0.2, 0.25) is 5.60 Å². The number of benzene rings is 1. The maximum atomic E-state index is 14.9. The van der Waals surface area contributed by atoms with Gasteiger partial charge in [-0.3, -0.25) is 4.79 Å². The van der Waals surface area contributed by atoms with E-state index in [0.29, 0.717) is 36.6 Å². The topological polar surface area (TPSA) is 121 Å². The first-order valence-corrected chi connectivity index (χ1v) is 9.87. The first-order valence-electron chi connectivity index (χ1n) is 9.87. The van der Waals surface area contributed by atoms with Gasteiger partial charge in [0.05, 0.1) is 24.9 Å². The van der Waals surface area contributed by atoms with Gasteiger partial charge in [-0.15, -0.1) is 0 Å². The number of aliphatic hydroxyl groups is 2. The van der Waals surface area contributed by atoms with E-state index in [9.17, 15) is 19.4 Å². The monoisotopic (exact) mass is 426 g/mol. The van der Waals surface area contributed by atoms with Gasteiger partial charge in [-0.25, -0.2) is 9.37 Å². The zero-order valence-electron chi connectivity index (χ0n) is 16.9. The van der Waals surface area contributed by atoms with Crippen molar-refractivity contribution in [3.8, 4) is 23.1 Å². The number of anilines is 1. The molecule has 5 N–H and O–H groups in total. The molecule has 1 amide bonds. The summed E-state index contributed by atoms with van der Waals surface area (Å²) in [6, 6.07) is 7.87. The first-order chi connectivity index (χ1) is 14.8. The summed E-state index contributed by atoms with van der Waals surface area (Å²) in [5, 5.41) is 23.5. The molecule has 0 bridgehead atoms. The van der Waals surface area contributed by atoms with Crippen molar-refractivity contribution in [2.45, 2.75) is 24.3 Å². The van der Waals surface area contributed by atoms with Crippen LogP contribution in [0.25, 0.3) is 11.3 Å². The van der Waals surface area contributed by atoms with Crippen molar-refractivity contribution in [2.75, 3.05) is 32.1 Å². The van der Waals surface area contributed by atoms with E-state index in [1.54, 1.807) is 31.3 Å². The van der Waals surface area contributed by atoms with Crippen LogP contribution in [0.1, 0.15) is 23.9 Å². The number of pyridine rings is 1. The van der Waals surface area contributed by atoms with E-state index in [1.165, 1.54) is 11.0 Å². The average molecular weight is 426 g/mol. The van der Waals surface area contributed by atoms with Crippen molar-refractivity contribution in [3.05, 3.63) is 47.4 Å². The molecule has 0 saturated carbocycles. The molecule has 2 aromatic rings. The molecule has 9 heteroatoms. The van der Waals surface area contributed by atoms with Gasteiger partial charge in [0.25, 0.3) is 5.91 Å². The normalized spacial score (nSPS) is 22.0. The number of nitrogens with zero attached hydrogens (tertiary/aromatic N) is 2. The lowest BCUT2D eigenvalue weighted by atomic mass is 10.0. The van der Waals surface area contributed by atoms with E-state index in [0.717, 1.165) is 0 Å². The Hall–Kier alpha value is -3.03. The van der Waals surface area contributed by atoms with Crippen LogP contribution in [-0.4, -0.2) is 64.5 Å². The number of nitrogens with one attached hydrogen (secondary N) is 1. The SMILES string of the molecule is CN1CC[C@@](O)(C#Cc2cccc(-c3nc(C(N)O)c(NC4COC4)cc3F)c2)C1=O. The molecule has 8 nitrogen and oxygen atoms in total. The number of aromatic nitrogens is 1. The van der Waals surface area contributed by atoms with Gasteiger partial charge in [0.15, 0.2) is 5.82 Å². The molecule has 2 saturated heterocycles. The fraction of sp³-hybridized carbons (Fsp3) is 0.364. The second-order valence-corrected chi connectivity index (χ2v) is 7.74. The minimum Gasteiger partial charge on any atom is -0.377 e. The molecule has 162 valence electrons. The van der Waals surface area contributed by atoms with Crippen molar-refractivity contribution in [1.29, 1.82) is 0 Å². The Bertz CT molecular complexity index is 1080. The van der Waals surface area contributed by atoms with Crippen molar-refractivity contribution in [1.82, 2.24) is 9.88 Å². The van der Waals surface area contributed by atoms with E-state index in [-0.39, 0.29) is 23.9 Å². The third-order valence-corrected chi connectivity index (χ3v) is 5.34. The summed E-state index contributed by atoms with van der Waals surface area (Å²) in [5.41, 5.74) is 5.27. The number of rotatable bonds is 4. The quantitative estimate of drug-likeness (QED) is 0.417. The number of likely N-dealkylation sites (tertiary alicyclic amines) is 1. The fourth-order valence-corrected chi connectivity index (χ4v) is 3.48. The Morgan fingerprint density at radius 3 is 2.81 bits per heavy atom. The molecule has 2 atom stereocenters. The fourth-order valence-electron chi connectivity index (χ4n) is 3.48. The van der Waals surface area contributed by atoms with Crippen LogP contribution < -0.4 is 11.1 Å². The molecule has 2 aliphatic rings. The van der Waals surface area contributed by atoms with Gasteiger partial charge >= 0.3 is 0 Å². The van der Waals surface area contributed by atoms with Gasteiger partial charge in [-0.1, -0.05) is 24.0 Å². The molecule has 0 radical (unpaired) electrons. The molecule has 31 heavy (non-hydrogen) atoms. The van der Waals surface area contributed by atoms with E-state index >= 15 is 0 Å². The van der Waals surface area contributed by atoms with Crippen molar-refractivity contribution in [2.24, 2.45) is 5.73 Å². The Balaban J connectivity index is 1.65. The van der Waals surface area contributed by atoms with Crippen LogP contribution in [0.15, 0.2) is 30.3 Å². The second-order valence-electron chi connectivity index (χ2n) is 7.74. The zero-order valence-corrected chi connectivity index (χ0v) is 16.9. The lowest BCUT2D eigenvalue weighted by molar-refractivity contribution is -0.137. The lowest BCUT2D eigenvalue weighted by Gasteiger charge is -2.29. The molecule has 0 spiro atoms. The molecule has 2 fully saturated rings. The summed E-state index contributed by atoms with van der Waals surface area (Å²) in [6.45, 7) is 1.39. The van der Waals surface area contributed by atoms with Crippen LogP contribution in [0.3, 0.4) is 0 Å². The van der Waals surface area contributed by atoms with Crippen LogP contribution in [0, 0.1) is 17.7 Å². The van der Waals surface area contributed by atoms with E-state index in [2.05, 4.69) is 22.1 Å². The molecule has 2 aliphatic heterocycles. The minimum atomic E-state index is -1.72. The third kappa shape index (κ3) is 4.24. The van der Waals surface area contributed by atoms with Gasteiger partial charge in [-0.05, 0) is 12.1 Å². The number of hydrogen-bond acceptors (Lipinski definition) is 7. The lowest BCUT2D eigenvalue weighted by Crippen LogP contribution is -2.40. The molecule has 1 unspecified atom stereocenters. The Morgan fingerprint density at radius 1 is 1.42 bits per heavy atom. The summed E-state index contributed by atoms with van der Waals surface area (Å²) in [4.78, 5) is 17.8. The van der Waals surface area contributed by atoms with Crippen molar-refractivity contribution in [3.63, 3.8) is 0 Å². The van der Waals surface area contributed by atoms with Gasteiger partial charge < -0.3 is 30.9 Å². The number of hydrogen-bond donors (Lipinski definition) is 4. The molecular formula is C22H23FN4O4. The highest BCUT2D eigenvalue weighted by atomic mass is 19.1. The predicted molar refractivity (Wildman–Crippen MR) is 111 cm³/mol. The van der Waals surface area contributed by atoms with E-state index in [1.807, 2.05) is 0 Å². The summed E-state index contributed by atoms with van der Waals surface area (Å²) < 4.78 is 20.0. The number of ether oxygens (including phenoxy) is 1. The summed E-state index contributed by atoms with van der Waals surface area (Å²) >= 11 is 0. The van der Waals surface area contributed by atoms with E-state index in [4.69, 9.17) is 10.5 Å². The summed E-state index contributed by atoms with van der Waals surface area (Å²) in [7, 11) is 1.61. The van der Waals surface area contributed by atoms with Crippen LogP contribution in [0.2, 0.25) is 0 Å². The predicted octanol–water partition coefficient (Wildman–Crippen LogP) is 0.593. The van der Waals surface area contributed by atoms with Gasteiger partial charge in [-0.2, -0.15) is 0 Å². The number of likely N-dealkylation sites (N-methyl/N-ethyl adjacent to an activating group) is 1. The third-order valence-electron chi connectivity index (χ3n) is 5.34. The number of carbonyl (C=O) groups is 1. The smallest absolute Gasteiger partial charge is 0.267 e. The second kappa shape index (κ2) is 8.24. The molecule has 0 aliphatic carbocycles. The number of halogens is 1. The van der Waals surface area contributed by atoms with Crippen LogP contribution in [0.4, 0.5) is 10.1 Å². The maximum absolute atomic E-state index is 14.9. The number of nitrogens with two attached hydrogens (primary N) is 1. The van der Waals surface area contributed by atoms with Crippen LogP contribution in [-0.2, 0) is 9.53 Å². The Kier molecular flexibility index (Phi) is 5.64. The highest BCUT2D eigenvalue weighted by molar-refractivity contribution is 5.90. The molecule has 1 aromatic carbocycles. The number of amides is 1. The maximum Gasteiger partial charge on any atom is 0.267 e.